The summed E-state index contributed by atoms with van der Waals surface area (Å²) in [5.74, 6) is 0. The second kappa shape index (κ2) is 2.92. The quantitative estimate of drug-likeness (QED) is 0.381. The van der Waals surface area contributed by atoms with E-state index in [0.717, 1.165) is 0 Å². The lowest BCUT2D eigenvalue weighted by atomic mass is 10.2. The third kappa shape index (κ3) is 1.24. The second-order valence-corrected chi connectivity index (χ2v) is 2.01. The standard InChI is InChI=1S/C7H7N3O/c8-7-5(4-11)2-1-3-6(7)10-9/h1-4,9H,8H2. The van der Waals surface area contributed by atoms with Crippen LogP contribution in [0.25, 0.3) is 0 Å². The van der Waals surface area contributed by atoms with Gasteiger partial charge in [0.1, 0.15) is 5.69 Å². The molecule has 0 aliphatic heterocycles. The first-order chi connectivity index (χ1) is 5.29. The van der Waals surface area contributed by atoms with Crippen LogP contribution in [0.3, 0.4) is 0 Å². The number of hydrogen-bond acceptors (Lipinski definition) is 4. The van der Waals surface area contributed by atoms with Gasteiger partial charge >= 0.3 is 0 Å². The third-order valence-corrected chi connectivity index (χ3v) is 1.36. The van der Waals surface area contributed by atoms with Crippen LogP contribution in [0.1, 0.15) is 10.4 Å². The first-order valence-corrected chi connectivity index (χ1v) is 3.00. The summed E-state index contributed by atoms with van der Waals surface area (Å²) in [6, 6.07) is 4.79. The van der Waals surface area contributed by atoms with Gasteiger partial charge in [0, 0.05) is 5.56 Å². The summed E-state index contributed by atoms with van der Waals surface area (Å²) in [6.45, 7) is 0. The number of nitrogens with two attached hydrogens (primary N) is 1. The van der Waals surface area contributed by atoms with Gasteiger partial charge in [-0.1, -0.05) is 6.07 Å². The molecule has 11 heavy (non-hydrogen) atoms. The van der Waals surface area contributed by atoms with E-state index in [1.807, 2.05) is 0 Å². The molecule has 56 valence electrons. The molecule has 0 unspecified atom stereocenters. The van der Waals surface area contributed by atoms with Crippen molar-refractivity contribution in [3.05, 3.63) is 23.8 Å². The molecule has 0 fully saturated rings. The molecule has 0 radical (unpaired) electrons. The fraction of sp³-hybridized carbons (Fsp3) is 0. The Morgan fingerprint density at radius 1 is 1.55 bits per heavy atom. The average Bonchev–Trinajstić information content (AvgIpc) is 2.05. The summed E-state index contributed by atoms with van der Waals surface area (Å²) in [7, 11) is 0. The van der Waals surface area contributed by atoms with Gasteiger partial charge in [0.2, 0.25) is 0 Å². The average molecular weight is 149 g/mol. The number of nitrogen functional groups attached to an aromatic ring is 1. The maximum atomic E-state index is 10.3. The topological polar surface area (TPSA) is 79.3 Å². The molecule has 0 aliphatic rings. The van der Waals surface area contributed by atoms with E-state index in [2.05, 4.69) is 5.11 Å². The van der Waals surface area contributed by atoms with Crippen LogP contribution in [0.2, 0.25) is 0 Å². The van der Waals surface area contributed by atoms with Gasteiger partial charge in [-0.25, -0.2) is 5.53 Å². The van der Waals surface area contributed by atoms with Crippen LogP contribution in [0.5, 0.6) is 0 Å². The van der Waals surface area contributed by atoms with Crippen molar-refractivity contribution in [2.75, 3.05) is 5.73 Å². The number of anilines is 1. The van der Waals surface area contributed by atoms with Gasteiger partial charge in [0.25, 0.3) is 0 Å². The van der Waals surface area contributed by atoms with Gasteiger partial charge in [-0.05, 0) is 12.1 Å². The highest BCUT2D eigenvalue weighted by Crippen LogP contribution is 2.23. The van der Waals surface area contributed by atoms with Gasteiger partial charge in [-0.3, -0.25) is 4.79 Å². The Kier molecular flexibility index (Phi) is 1.96. The summed E-state index contributed by atoms with van der Waals surface area (Å²) in [6.07, 6.45) is 0.643. The summed E-state index contributed by atoms with van der Waals surface area (Å²) >= 11 is 0. The zero-order valence-corrected chi connectivity index (χ0v) is 5.74. The van der Waals surface area contributed by atoms with E-state index in [0.29, 0.717) is 17.5 Å². The van der Waals surface area contributed by atoms with Crippen LogP contribution in [-0.2, 0) is 0 Å². The fourth-order valence-electron chi connectivity index (χ4n) is 0.771. The minimum absolute atomic E-state index is 0.262. The smallest absolute Gasteiger partial charge is 0.152 e. The zero-order valence-electron chi connectivity index (χ0n) is 5.74. The van der Waals surface area contributed by atoms with Crippen LogP contribution in [0.4, 0.5) is 11.4 Å². The lowest BCUT2D eigenvalue weighted by Gasteiger charge is -1.99. The molecule has 1 aromatic carbocycles. The zero-order chi connectivity index (χ0) is 8.27. The lowest BCUT2D eigenvalue weighted by Crippen LogP contribution is -1.91. The van der Waals surface area contributed by atoms with E-state index >= 15 is 0 Å². The van der Waals surface area contributed by atoms with E-state index in [1.165, 1.54) is 0 Å². The molecule has 4 heteroatoms. The van der Waals surface area contributed by atoms with Crippen LogP contribution >= 0.6 is 0 Å². The number of nitrogens with one attached hydrogen (secondary N) is 1. The Morgan fingerprint density at radius 3 is 2.82 bits per heavy atom. The Hall–Kier alpha value is -1.71. The van der Waals surface area contributed by atoms with Crippen molar-refractivity contribution in [2.24, 2.45) is 5.11 Å². The number of carbonyl (C=O) groups is 1. The van der Waals surface area contributed by atoms with Crippen molar-refractivity contribution < 1.29 is 4.79 Å². The molecule has 1 aromatic rings. The van der Waals surface area contributed by atoms with E-state index in [4.69, 9.17) is 11.3 Å². The minimum atomic E-state index is 0.262. The maximum Gasteiger partial charge on any atom is 0.152 e. The van der Waals surface area contributed by atoms with Gasteiger partial charge < -0.3 is 5.73 Å². The monoisotopic (exact) mass is 149 g/mol. The SMILES string of the molecule is N=Nc1cccc(C=O)c1N. The van der Waals surface area contributed by atoms with Crippen molar-refractivity contribution in [3.63, 3.8) is 0 Å². The van der Waals surface area contributed by atoms with E-state index < -0.39 is 0 Å². The molecule has 0 saturated heterocycles. The van der Waals surface area contributed by atoms with Crippen molar-refractivity contribution in [3.8, 4) is 0 Å². The van der Waals surface area contributed by atoms with Crippen molar-refractivity contribution in [1.82, 2.24) is 0 Å². The van der Waals surface area contributed by atoms with Gasteiger partial charge in [-0.2, -0.15) is 5.11 Å². The molecular formula is C7H7N3O. The number of benzene rings is 1. The largest absolute Gasteiger partial charge is 0.396 e. The number of carbonyl (C=O) groups excluding carboxylic acids is 1. The molecule has 0 spiro atoms. The molecule has 0 bridgehead atoms. The van der Waals surface area contributed by atoms with Crippen LogP contribution in [-0.4, -0.2) is 6.29 Å². The highest BCUT2D eigenvalue weighted by molar-refractivity contribution is 5.87. The van der Waals surface area contributed by atoms with Gasteiger partial charge in [0.15, 0.2) is 6.29 Å². The molecule has 0 saturated carbocycles. The molecule has 0 heterocycles. The van der Waals surface area contributed by atoms with Crippen molar-refractivity contribution >= 4 is 17.7 Å². The highest BCUT2D eigenvalue weighted by atomic mass is 16.1. The maximum absolute atomic E-state index is 10.3. The van der Waals surface area contributed by atoms with Crippen LogP contribution < -0.4 is 5.73 Å². The van der Waals surface area contributed by atoms with Crippen molar-refractivity contribution in [2.45, 2.75) is 0 Å². The molecule has 0 amide bonds. The normalized spacial score (nSPS) is 9.09. The molecule has 3 N–H and O–H groups in total. The number of hydrogen-bond donors (Lipinski definition) is 2. The number of aldehydes is 1. The summed E-state index contributed by atoms with van der Waals surface area (Å²) in [5, 5.41) is 3.14. The molecule has 0 atom stereocenters. The summed E-state index contributed by atoms with van der Waals surface area (Å²) in [5.41, 5.74) is 13.1. The fourth-order valence-corrected chi connectivity index (χ4v) is 0.771. The molecule has 4 nitrogen and oxygen atoms in total. The Labute approximate surface area is 63.5 Å². The number of nitrogens with zero attached hydrogens (tertiary/aromatic N) is 1. The number of para-hydroxylation sites is 1. The van der Waals surface area contributed by atoms with E-state index in [1.54, 1.807) is 18.2 Å². The van der Waals surface area contributed by atoms with Crippen LogP contribution in [0, 0.1) is 5.53 Å². The lowest BCUT2D eigenvalue weighted by molar-refractivity contribution is 0.112. The van der Waals surface area contributed by atoms with E-state index in [9.17, 15) is 4.79 Å². The Morgan fingerprint density at radius 2 is 2.27 bits per heavy atom. The van der Waals surface area contributed by atoms with E-state index in [-0.39, 0.29) is 5.69 Å². The van der Waals surface area contributed by atoms with Gasteiger partial charge in [-0.15, -0.1) is 0 Å². The molecule has 0 aromatic heterocycles. The number of rotatable bonds is 2. The van der Waals surface area contributed by atoms with Crippen molar-refractivity contribution in [1.29, 1.82) is 5.53 Å². The first-order valence-electron chi connectivity index (χ1n) is 3.00. The molecule has 0 aliphatic carbocycles. The predicted molar refractivity (Wildman–Crippen MR) is 41.0 cm³/mol. The summed E-state index contributed by atoms with van der Waals surface area (Å²) in [4.78, 5) is 10.3. The molecule has 1 rings (SSSR count). The van der Waals surface area contributed by atoms with Gasteiger partial charge in [0.05, 0.1) is 5.69 Å². The Balaban J connectivity index is 3.30. The van der Waals surface area contributed by atoms with Crippen LogP contribution in [0.15, 0.2) is 23.3 Å². The second-order valence-electron chi connectivity index (χ2n) is 2.01. The minimum Gasteiger partial charge on any atom is -0.396 e. The predicted octanol–water partition coefficient (Wildman–Crippen LogP) is 1.74. The Bertz CT molecular complexity index is 269. The molecular weight excluding hydrogens is 142 g/mol. The third-order valence-electron chi connectivity index (χ3n) is 1.36. The first kappa shape index (κ1) is 7.40. The highest BCUT2D eigenvalue weighted by Gasteiger charge is 2.01. The summed E-state index contributed by atoms with van der Waals surface area (Å²) < 4.78 is 0.